The highest BCUT2D eigenvalue weighted by atomic mass is 19.2. The van der Waals surface area contributed by atoms with Crippen LogP contribution in [-0.2, 0) is 14.9 Å². The van der Waals surface area contributed by atoms with Crippen LogP contribution in [0.25, 0.3) is 0 Å². The Balaban J connectivity index is 2.50. The lowest BCUT2D eigenvalue weighted by Crippen LogP contribution is -2.27. The van der Waals surface area contributed by atoms with E-state index in [1.165, 1.54) is 13.2 Å². The maximum Gasteiger partial charge on any atom is 0.316 e. The van der Waals surface area contributed by atoms with Crippen LogP contribution in [0.5, 0.6) is 0 Å². The lowest BCUT2D eigenvalue weighted by atomic mass is 9.88. The number of ether oxygens (including phenoxy) is 1. The van der Waals surface area contributed by atoms with Crippen LogP contribution in [0, 0.1) is 17.0 Å². The van der Waals surface area contributed by atoms with Gasteiger partial charge in [0.1, 0.15) is 0 Å². The van der Waals surface area contributed by atoms with Gasteiger partial charge in [-0.3, -0.25) is 4.79 Å². The van der Waals surface area contributed by atoms with Crippen molar-refractivity contribution in [3.8, 4) is 0 Å². The highest BCUT2D eigenvalue weighted by molar-refractivity contribution is 5.88. The van der Waals surface area contributed by atoms with Gasteiger partial charge in [0.25, 0.3) is 0 Å². The van der Waals surface area contributed by atoms with Crippen LogP contribution in [0.4, 0.5) is 8.78 Å². The molecule has 1 unspecified atom stereocenters. The van der Waals surface area contributed by atoms with Crippen LogP contribution in [-0.4, -0.2) is 13.1 Å². The topological polar surface area (TPSA) is 26.3 Å². The van der Waals surface area contributed by atoms with Crippen molar-refractivity contribution in [2.45, 2.75) is 25.7 Å². The van der Waals surface area contributed by atoms with Crippen LogP contribution in [0.15, 0.2) is 18.2 Å². The zero-order valence-electron chi connectivity index (χ0n) is 10.0. The molecule has 1 aromatic rings. The summed E-state index contributed by atoms with van der Waals surface area (Å²) in [6.45, 7) is 3.82. The number of rotatable bonds is 2. The monoisotopic (exact) mass is 240 g/mol. The molecule has 1 aliphatic rings. The molecule has 0 bridgehead atoms. The van der Waals surface area contributed by atoms with Crippen LogP contribution in [0.3, 0.4) is 0 Å². The van der Waals surface area contributed by atoms with Crippen molar-refractivity contribution in [3.63, 3.8) is 0 Å². The van der Waals surface area contributed by atoms with Gasteiger partial charge in [-0.25, -0.2) is 8.78 Å². The molecule has 0 aromatic heterocycles. The number of hydrogen-bond acceptors (Lipinski definition) is 2. The summed E-state index contributed by atoms with van der Waals surface area (Å²) in [4.78, 5) is 11.9. The fourth-order valence-electron chi connectivity index (χ4n) is 2.51. The maximum absolute atomic E-state index is 13.2. The van der Waals surface area contributed by atoms with E-state index >= 15 is 0 Å². The zero-order valence-corrected chi connectivity index (χ0v) is 10.0. The van der Waals surface area contributed by atoms with E-state index in [1.807, 2.05) is 13.8 Å². The normalized spacial score (nSPS) is 25.5. The quantitative estimate of drug-likeness (QED) is 0.743. The Bertz CT molecular complexity index is 482. The van der Waals surface area contributed by atoms with E-state index in [9.17, 15) is 13.6 Å². The Kier molecular flexibility index (Phi) is 2.49. The van der Waals surface area contributed by atoms with Gasteiger partial charge in [0, 0.05) is 0 Å². The predicted octanol–water partition coefficient (Wildman–Crippen LogP) is 2.81. The minimum Gasteiger partial charge on any atom is -0.468 e. The molecule has 92 valence electrons. The molecule has 0 heterocycles. The first kappa shape index (κ1) is 12.0. The van der Waals surface area contributed by atoms with Crippen molar-refractivity contribution < 1.29 is 18.3 Å². The Morgan fingerprint density at radius 3 is 2.29 bits per heavy atom. The second-order valence-electron chi connectivity index (χ2n) is 5.09. The number of esters is 1. The van der Waals surface area contributed by atoms with Gasteiger partial charge in [-0.2, -0.15) is 0 Å². The molecular weight excluding hydrogens is 226 g/mol. The van der Waals surface area contributed by atoms with E-state index in [0.717, 1.165) is 12.1 Å². The molecule has 1 aromatic carbocycles. The zero-order chi connectivity index (χ0) is 12.8. The second kappa shape index (κ2) is 3.52. The minimum absolute atomic E-state index is 0.287. The van der Waals surface area contributed by atoms with Gasteiger partial charge >= 0.3 is 5.97 Å². The number of carbonyl (C=O) groups excluding carboxylic acids is 1. The smallest absolute Gasteiger partial charge is 0.316 e. The lowest BCUT2D eigenvalue weighted by Gasteiger charge is -2.18. The minimum atomic E-state index is -0.937. The molecule has 17 heavy (non-hydrogen) atoms. The van der Waals surface area contributed by atoms with Gasteiger partial charge in [-0.15, -0.1) is 0 Å². The van der Waals surface area contributed by atoms with E-state index in [4.69, 9.17) is 4.74 Å². The van der Waals surface area contributed by atoms with Gasteiger partial charge in [0.2, 0.25) is 0 Å². The summed E-state index contributed by atoms with van der Waals surface area (Å²) in [6, 6.07) is 3.58. The van der Waals surface area contributed by atoms with Crippen molar-refractivity contribution in [2.24, 2.45) is 5.41 Å². The van der Waals surface area contributed by atoms with Gasteiger partial charge in [0.15, 0.2) is 11.6 Å². The van der Waals surface area contributed by atoms with Crippen molar-refractivity contribution in [3.05, 3.63) is 35.4 Å². The highest BCUT2D eigenvalue weighted by Gasteiger charge is 2.68. The molecule has 2 rings (SSSR count). The Labute approximate surface area is 98.6 Å². The molecule has 0 amide bonds. The third-order valence-corrected chi connectivity index (χ3v) is 3.68. The average molecular weight is 240 g/mol. The third-order valence-electron chi connectivity index (χ3n) is 3.68. The number of benzene rings is 1. The molecule has 0 spiro atoms. The first-order chi connectivity index (χ1) is 7.85. The molecule has 1 aliphatic carbocycles. The molecule has 0 aliphatic heterocycles. The van der Waals surface area contributed by atoms with E-state index < -0.39 is 23.0 Å². The molecule has 2 nitrogen and oxygen atoms in total. The van der Waals surface area contributed by atoms with E-state index in [2.05, 4.69) is 0 Å². The van der Waals surface area contributed by atoms with Crippen molar-refractivity contribution in [1.82, 2.24) is 0 Å². The second-order valence-corrected chi connectivity index (χ2v) is 5.09. The SMILES string of the molecule is COC(=O)C1(c2ccc(F)c(F)c2)CC1(C)C. The van der Waals surface area contributed by atoms with Crippen molar-refractivity contribution in [2.75, 3.05) is 7.11 Å². The molecule has 1 atom stereocenters. The van der Waals surface area contributed by atoms with Crippen molar-refractivity contribution >= 4 is 5.97 Å². The van der Waals surface area contributed by atoms with Gasteiger partial charge in [0.05, 0.1) is 12.5 Å². The summed E-state index contributed by atoms with van der Waals surface area (Å²) in [7, 11) is 1.30. The van der Waals surface area contributed by atoms with Crippen LogP contribution >= 0.6 is 0 Å². The highest BCUT2D eigenvalue weighted by Crippen LogP contribution is 2.64. The summed E-state index contributed by atoms with van der Waals surface area (Å²) in [6.07, 6.45) is 0.581. The van der Waals surface area contributed by atoms with E-state index in [-0.39, 0.29) is 5.41 Å². The maximum atomic E-state index is 13.2. The van der Waals surface area contributed by atoms with Gasteiger partial charge in [-0.1, -0.05) is 19.9 Å². The fraction of sp³-hybridized carbons (Fsp3) is 0.462. The van der Waals surface area contributed by atoms with E-state index in [0.29, 0.717) is 12.0 Å². The molecule has 4 heteroatoms. The van der Waals surface area contributed by atoms with Crippen LogP contribution in [0.1, 0.15) is 25.8 Å². The average Bonchev–Trinajstić information content (AvgIpc) is 2.86. The molecule has 1 saturated carbocycles. The lowest BCUT2D eigenvalue weighted by molar-refractivity contribution is -0.144. The van der Waals surface area contributed by atoms with Crippen LogP contribution < -0.4 is 0 Å². The molecule has 0 radical (unpaired) electrons. The van der Waals surface area contributed by atoms with Crippen LogP contribution in [0.2, 0.25) is 0 Å². The Hall–Kier alpha value is -1.45. The van der Waals surface area contributed by atoms with Gasteiger partial charge in [-0.05, 0) is 29.5 Å². The standard InChI is InChI=1S/C13H14F2O2/c1-12(2)7-13(12,11(16)17-3)8-4-5-9(14)10(15)6-8/h4-6H,7H2,1-3H3. The summed E-state index contributed by atoms with van der Waals surface area (Å²) in [5.41, 5.74) is -0.644. The number of hydrogen-bond donors (Lipinski definition) is 0. The Morgan fingerprint density at radius 1 is 1.29 bits per heavy atom. The molecule has 0 saturated heterocycles. The summed E-state index contributed by atoms with van der Waals surface area (Å²) < 4.78 is 30.9. The fourth-order valence-corrected chi connectivity index (χ4v) is 2.51. The number of methoxy groups -OCH3 is 1. The van der Waals surface area contributed by atoms with E-state index in [1.54, 1.807) is 0 Å². The summed E-state index contributed by atoms with van der Waals surface area (Å²) in [5, 5.41) is 0. The first-order valence-electron chi connectivity index (χ1n) is 5.39. The molecule has 0 N–H and O–H groups in total. The number of halogens is 2. The first-order valence-corrected chi connectivity index (χ1v) is 5.39. The largest absolute Gasteiger partial charge is 0.468 e. The van der Waals surface area contributed by atoms with Crippen molar-refractivity contribution in [1.29, 1.82) is 0 Å². The third kappa shape index (κ3) is 1.54. The summed E-state index contributed by atoms with van der Waals surface area (Å²) in [5.74, 6) is -2.24. The Morgan fingerprint density at radius 2 is 1.88 bits per heavy atom. The van der Waals surface area contributed by atoms with Gasteiger partial charge < -0.3 is 4.74 Å². The number of carbonyl (C=O) groups is 1. The summed E-state index contributed by atoms with van der Waals surface area (Å²) >= 11 is 0. The molecule has 1 fully saturated rings. The predicted molar refractivity (Wildman–Crippen MR) is 58.5 cm³/mol. The molecular formula is C13H14F2O2.